The highest BCUT2D eigenvalue weighted by Crippen LogP contribution is 2.29. The second kappa shape index (κ2) is 7.80. The van der Waals surface area contributed by atoms with Gasteiger partial charge in [0.25, 0.3) is 0 Å². The van der Waals surface area contributed by atoms with Gasteiger partial charge in [-0.2, -0.15) is 0 Å². The van der Waals surface area contributed by atoms with E-state index in [2.05, 4.69) is 80.1 Å². The molecular formula is C24H28N4. The maximum atomic E-state index is 4.21. The number of rotatable bonds is 4. The molecule has 2 aliphatic heterocycles. The zero-order chi connectivity index (χ0) is 18.8. The van der Waals surface area contributed by atoms with E-state index in [0.29, 0.717) is 6.04 Å². The summed E-state index contributed by atoms with van der Waals surface area (Å²) in [5.41, 5.74) is 3.94. The summed E-state index contributed by atoms with van der Waals surface area (Å²) >= 11 is 0. The maximum Gasteiger partial charge on any atom is 0.0948 e. The number of hydrogen-bond donors (Lipinski definition) is 0. The van der Waals surface area contributed by atoms with Crippen LogP contribution in [0, 0.1) is 0 Å². The van der Waals surface area contributed by atoms with Crippen molar-refractivity contribution in [2.75, 3.05) is 31.1 Å². The standard InChI is InChI=1S/C24H28N4/c1-2-4-20(5-3-1)21-6-8-22(9-7-21)26-14-10-23(11-15-26)27-16-12-24(18-27)28-17-13-25-19-28/h1-9,13,17,19,23-24H,10-12,14-16,18H2. The molecule has 4 heteroatoms. The van der Waals surface area contributed by atoms with E-state index in [1.165, 1.54) is 49.2 Å². The average molecular weight is 373 g/mol. The van der Waals surface area contributed by atoms with Crippen molar-refractivity contribution in [2.24, 2.45) is 0 Å². The lowest BCUT2D eigenvalue weighted by Crippen LogP contribution is -2.44. The van der Waals surface area contributed by atoms with Gasteiger partial charge in [0, 0.05) is 56.3 Å². The van der Waals surface area contributed by atoms with Gasteiger partial charge in [-0.05, 0) is 42.5 Å². The van der Waals surface area contributed by atoms with Crippen LogP contribution in [0.25, 0.3) is 11.1 Å². The highest BCUT2D eigenvalue weighted by atomic mass is 15.2. The zero-order valence-electron chi connectivity index (χ0n) is 16.3. The van der Waals surface area contributed by atoms with Gasteiger partial charge in [-0.3, -0.25) is 4.90 Å². The first-order valence-corrected chi connectivity index (χ1v) is 10.5. The van der Waals surface area contributed by atoms with Crippen LogP contribution in [0.3, 0.4) is 0 Å². The molecule has 2 aromatic carbocycles. The van der Waals surface area contributed by atoms with Crippen LogP contribution in [0.4, 0.5) is 5.69 Å². The first-order chi connectivity index (χ1) is 13.9. The number of aromatic nitrogens is 2. The molecule has 3 aromatic rings. The van der Waals surface area contributed by atoms with Crippen LogP contribution >= 0.6 is 0 Å². The summed E-state index contributed by atoms with van der Waals surface area (Å²) in [5.74, 6) is 0. The van der Waals surface area contributed by atoms with Gasteiger partial charge in [0.1, 0.15) is 0 Å². The van der Waals surface area contributed by atoms with E-state index in [1.54, 1.807) is 0 Å². The monoisotopic (exact) mass is 372 g/mol. The molecule has 0 amide bonds. The summed E-state index contributed by atoms with van der Waals surface area (Å²) in [5, 5.41) is 0. The number of hydrogen-bond acceptors (Lipinski definition) is 3. The highest BCUT2D eigenvalue weighted by molar-refractivity contribution is 5.66. The van der Waals surface area contributed by atoms with Crippen molar-refractivity contribution in [2.45, 2.75) is 31.3 Å². The van der Waals surface area contributed by atoms with Gasteiger partial charge < -0.3 is 9.47 Å². The number of piperidine rings is 1. The Kier molecular flexibility index (Phi) is 4.88. The lowest BCUT2D eigenvalue weighted by atomic mass is 10.0. The van der Waals surface area contributed by atoms with Crippen LogP contribution in [0.1, 0.15) is 25.3 Å². The molecule has 0 radical (unpaired) electrons. The van der Waals surface area contributed by atoms with Crippen LogP contribution in [0.5, 0.6) is 0 Å². The van der Waals surface area contributed by atoms with Gasteiger partial charge in [0.2, 0.25) is 0 Å². The molecule has 1 atom stereocenters. The van der Waals surface area contributed by atoms with Crippen LogP contribution in [0.15, 0.2) is 73.3 Å². The summed E-state index contributed by atoms with van der Waals surface area (Å²) in [6.07, 6.45) is 9.74. The van der Waals surface area contributed by atoms with Crippen LogP contribution < -0.4 is 4.90 Å². The second-order valence-corrected chi connectivity index (χ2v) is 8.08. The molecule has 2 fully saturated rings. The Labute approximate surface area is 167 Å². The SMILES string of the molecule is c1ccc(-c2ccc(N3CCC(N4CCC(n5ccnc5)C4)CC3)cc2)cc1. The molecule has 0 spiro atoms. The Morgan fingerprint density at radius 3 is 2.18 bits per heavy atom. The van der Waals surface area contributed by atoms with E-state index < -0.39 is 0 Å². The lowest BCUT2D eigenvalue weighted by Gasteiger charge is -2.38. The van der Waals surface area contributed by atoms with Crippen LogP contribution in [0.2, 0.25) is 0 Å². The molecule has 2 aliphatic rings. The van der Waals surface area contributed by atoms with E-state index in [0.717, 1.165) is 19.1 Å². The van der Waals surface area contributed by atoms with E-state index in [1.807, 2.05) is 12.5 Å². The van der Waals surface area contributed by atoms with Crippen molar-refractivity contribution in [3.05, 3.63) is 73.3 Å². The molecule has 144 valence electrons. The molecule has 28 heavy (non-hydrogen) atoms. The van der Waals surface area contributed by atoms with Crippen molar-refractivity contribution in [1.82, 2.24) is 14.5 Å². The van der Waals surface area contributed by atoms with Crippen molar-refractivity contribution in [3.63, 3.8) is 0 Å². The fourth-order valence-electron chi connectivity index (χ4n) is 4.81. The Hall–Kier alpha value is -2.59. The van der Waals surface area contributed by atoms with E-state index >= 15 is 0 Å². The minimum Gasteiger partial charge on any atom is -0.371 e. The average Bonchev–Trinajstić information content (AvgIpc) is 3.47. The molecule has 1 aromatic heterocycles. The number of imidazole rings is 1. The van der Waals surface area contributed by atoms with Gasteiger partial charge in [-0.25, -0.2) is 4.98 Å². The summed E-state index contributed by atoms with van der Waals surface area (Å²) < 4.78 is 2.28. The number of benzene rings is 2. The summed E-state index contributed by atoms with van der Waals surface area (Å²) in [7, 11) is 0. The summed E-state index contributed by atoms with van der Waals surface area (Å²) in [4.78, 5) is 9.47. The van der Waals surface area contributed by atoms with E-state index in [4.69, 9.17) is 0 Å². The fraction of sp³-hybridized carbons (Fsp3) is 0.375. The van der Waals surface area contributed by atoms with Gasteiger partial charge in [0.05, 0.1) is 6.33 Å². The van der Waals surface area contributed by atoms with Crippen molar-refractivity contribution < 1.29 is 0 Å². The molecular weight excluding hydrogens is 344 g/mol. The highest BCUT2D eigenvalue weighted by Gasteiger charge is 2.31. The van der Waals surface area contributed by atoms with Gasteiger partial charge in [0.15, 0.2) is 0 Å². The maximum absolute atomic E-state index is 4.21. The Bertz CT molecular complexity index is 865. The van der Waals surface area contributed by atoms with Gasteiger partial charge in [-0.15, -0.1) is 0 Å². The molecule has 0 aliphatic carbocycles. The molecule has 3 heterocycles. The normalized spacial score (nSPS) is 21.3. The Morgan fingerprint density at radius 2 is 1.46 bits per heavy atom. The fourth-order valence-corrected chi connectivity index (χ4v) is 4.81. The van der Waals surface area contributed by atoms with Crippen LogP contribution in [-0.2, 0) is 0 Å². The molecule has 0 N–H and O–H groups in total. The third kappa shape index (κ3) is 3.57. The summed E-state index contributed by atoms with van der Waals surface area (Å²) in [6.45, 7) is 4.70. The minimum absolute atomic E-state index is 0.603. The molecule has 1 unspecified atom stereocenters. The number of nitrogens with zero attached hydrogens (tertiary/aromatic N) is 4. The largest absolute Gasteiger partial charge is 0.371 e. The summed E-state index contributed by atoms with van der Waals surface area (Å²) in [6, 6.07) is 21.0. The first-order valence-electron chi connectivity index (χ1n) is 10.5. The Morgan fingerprint density at radius 1 is 0.750 bits per heavy atom. The molecule has 5 rings (SSSR count). The zero-order valence-corrected chi connectivity index (χ0v) is 16.3. The van der Waals surface area contributed by atoms with Gasteiger partial charge >= 0.3 is 0 Å². The van der Waals surface area contributed by atoms with Crippen molar-refractivity contribution in [3.8, 4) is 11.1 Å². The molecule has 0 bridgehead atoms. The first kappa shape index (κ1) is 17.5. The smallest absolute Gasteiger partial charge is 0.0948 e. The lowest BCUT2D eigenvalue weighted by molar-refractivity contribution is 0.201. The number of likely N-dealkylation sites (tertiary alicyclic amines) is 1. The second-order valence-electron chi connectivity index (χ2n) is 8.08. The van der Waals surface area contributed by atoms with Crippen LogP contribution in [-0.4, -0.2) is 46.7 Å². The minimum atomic E-state index is 0.603. The van der Waals surface area contributed by atoms with E-state index in [-0.39, 0.29) is 0 Å². The van der Waals surface area contributed by atoms with E-state index in [9.17, 15) is 0 Å². The third-order valence-electron chi connectivity index (χ3n) is 6.46. The molecule has 2 saturated heterocycles. The Balaban J connectivity index is 1.17. The molecule has 4 nitrogen and oxygen atoms in total. The van der Waals surface area contributed by atoms with Crippen molar-refractivity contribution >= 4 is 5.69 Å². The molecule has 0 saturated carbocycles. The predicted molar refractivity (Wildman–Crippen MR) is 115 cm³/mol. The van der Waals surface area contributed by atoms with Crippen molar-refractivity contribution in [1.29, 1.82) is 0 Å². The predicted octanol–water partition coefficient (Wildman–Crippen LogP) is 4.47. The number of anilines is 1. The third-order valence-corrected chi connectivity index (χ3v) is 6.46. The quantitative estimate of drug-likeness (QED) is 0.675. The topological polar surface area (TPSA) is 24.3 Å². The van der Waals surface area contributed by atoms with Gasteiger partial charge in [-0.1, -0.05) is 42.5 Å².